The molecule has 6 heteroatoms. The van der Waals surface area contributed by atoms with Crippen molar-refractivity contribution in [3.05, 3.63) is 66.4 Å². The predicted octanol–water partition coefficient (Wildman–Crippen LogP) is 1.88. The summed E-state index contributed by atoms with van der Waals surface area (Å²) in [5, 5.41) is 18.6. The average molecular weight is 338 g/mol. The molecule has 3 rings (SSSR count). The first kappa shape index (κ1) is 17.1. The topological polar surface area (TPSA) is 86.2 Å². The Labute approximate surface area is 146 Å². The van der Waals surface area contributed by atoms with Gasteiger partial charge in [-0.1, -0.05) is 35.5 Å². The first-order valence-corrected chi connectivity index (χ1v) is 8.18. The highest BCUT2D eigenvalue weighted by Crippen LogP contribution is 2.20. The fourth-order valence-corrected chi connectivity index (χ4v) is 2.63. The molecule has 3 aromatic rings. The number of aliphatic hydroxyl groups is 1. The second-order valence-corrected chi connectivity index (χ2v) is 5.98. The van der Waals surface area contributed by atoms with E-state index in [0.717, 1.165) is 22.6 Å². The van der Waals surface area contributed by atoms with Crippen LogP contribution in [0.25, 0.3) is 11.3 Å². The molecule has 2 atom stereocenters. The van der Waals surface area contributed by atoms with Crippen LogP contribution in [0.2, 0.25) is 0 Å². The van der Waals surface area contributed by atoms with Crippen molar-refractivity contribution in [2.45, 2.75) is 25.1 Å². The molecule has 0 fully saturated rings. The van der Waals surface area contributed by atoms with Gasteiger partial charge in [0.1, 0.15) is 11.4 Å². The Morgan fingerprint density at radius 2 is 1.84 bits per heavy atom. The Morgan fingerprint density at radius 3 is 2.52 bits per heavy atom. The third-order valence-electron chi connectivity index (χ3n) is 4.11. The summed E-state index contributed by atoms with van der Waals surface area (Å²) in [4.78, 5) is 0. The van der Waals surface area contributed by atoms with Crippen LogP contribution in [0.4, 0.5) is 0 Å². The van der Waals surface area contributed by atoms with Crippen LogP contribution in [-0.4, -0.2) is 39.4 Å². The van der Waals surface area contributed by atoms with Crippen molar-refractivity contribution in [2.75, 3.05) is 7.11 Å². The molecule has 0 unspecified atom stereocenters. The predicted molar refractivity (Wildman–Crippen MR) is 96.1 cm³/mol. The molecule has 0 bridgehead atoms. The maximum Gasteiger partial charge on any atom is 0.118 e. The molecule has 0 aliphatic rings. The SMILES string of the molecule is COc1ccc(-c2cn(C[C@H](O)[C@@H](N)Cc3ccccc3)nn2)cc1. The van der Waals surface area contributed by atoms with E-state index < -0.39 is 6.10 Å². The van der Waals surface area contributed by atoms with Crippen LogP contribution in [0.3, 0.4) is 0 Å². The molecule has 1 aromatic heterocycles. The van der Waals surface area contributed by atoms with Crippen molar-refractivity contribution in [3.63, 3.8) is 0 Å². The van der Waals surface area contributed by atoms with Crippen LogP contribution in [0, 0.1) is 0 Å². The summed E-state index contributed by atoms with van der Waals surface area (Å²) >= 11 is 0. The molecule has 6 nitrogen and oxygen atoms in total. The number of nitrogens with two attached hydrogens (primary N) is 1. The summed E-state index contributed by atoms with van der Waals surface area (Å²) in [5.41, 5.74) is 8.91. The van der Waals surface area contributed by atoms with Crippen LogP contribution < -0.4 is 10.5 Å². The lowest BCUT2D eigenvalue weighted by atomic mass is 10.0. The van der Waals surface area contributed by atoms with Crippen molar-refractivity contribution in [1.29, 1.82) is 0 Å². The van der Waals surface area contributed by atoms with E-state index in [4.69, 9.17) is 10.5 Å². The average Bonchev–Trinajstić information content (AvgIpc) is 3.11. The Kier molecular flexibility index (Phi) is 5.42. The van der Waals surface area contributed by atoms with Crippen molar-refractivity contribution in [3.8, 4) is 17.0 Å². The molecular formula is C19H22N4O2. The number of hydrogen-bond acceptors (Lipinski definition) is 5. The van der Waals surface area contributed by atoms with Gasteiger partial charge in [-0.2, -0.15) is 0 Å². The van der Waals surface area contributed by atoms with Crippen LogP contribution in [0.15, 0.2) is 60.8 Å². The van der Waals surface area contributed by atoms with Crippen molar-refractivity contribution in [2.24, 2.45) is 5.73 Å². The number of nitrogens with zero attached hydrogens (tertiary/aromatic N) is 3. The van der Waals surface area contributed by atoms with Gasteiger partial charge < -0.3 is 15.6 Å². The van der Waals surface area contributed by atoms with E-state index in [1.54, 1.807) is 18.0 Å². The summed E-state index contributed by atoms with van der Waals surface area (Å²) < 4.78 is 6.77. The zero-order valence-corrected chi connectivity index (χ0v) is 14.1. The first-order chi connectivity index (χ1) is 12.2. The van der Waals surface area contributed by atoms with Crippen molar-refractivity contribution < 1.29 is 9.84 Å². The molecule has 0 saturated heterocycles. The van der Waals surface area contributed by atoms with E-state index in [0.29, 0.717) is 13.0 Å². The number of hydrogen-bond donors (Lipinski definition) is 2. The molecule has 3 N–H and O–H groups in total. The molecule has 0 radical (unpaired) electrons. The summed E-state index contributed by atoms with van der Waals surface area (Å²) in [6.07, 6.45) is 1.72. The third-order valence-corrected chi connectivity index (χ3v) is 4.11. The molecule has 2 aromatic carbocycles. The maximum absolute atomic E-state index is 10.4. The van der Waals surface area contributed by atoms with Gasteiger partial charge in [0.05, 0.1) is 26.0 Å². The fourth-order valence-electron chi connectivity index (χ4n) is 2.63. The quantitative estimate of drug-likeness (QED) is 0.687. The minimum absolute atomic E-state index is 0.303. The summed E-state index contributed by atoms with van der Waals surface area (Å²) in [7, 11) is 1.63. The van der Waals surface area contributed by atoms with Gasteiger partial charge in [0, 0.05) is 11.6 Å². The Morgan fingerprint density at radius 1 is 1.12 bits per heavy atom. The zero-order valence-electron chi connectivity index (χ0n) is 14.1. The minimum atomic E-state index is -0.703. The number of aliphatic hydroxyl groups excluding tert-OH is 1. The maximum atomic E-state index is 10.4. The second-order valence-electron chi connectivity index (χ2n) is 5.98. The molecule has 130 valence electrons. The normalized spacial score (nSPS) is 13.4. The zero-order chi connectivity index (χ0) is 17.6. The second kappa shape index (κ2) is 7.92. The molecule has 0 aliphatic carbocycles. The largest absolute Gasteiger partial charge is 0.497 e. The molecule has 25 heavy (non-hydrogen) atoms. The van der Waals surface area contributed by atoms with Crippen LogP contribution in [0.1, 0.15) is 5.56 Å². The van der Waals surface area contributed by atoms with Gasteiger partial charge in [0.2, 0.25) is 0 Å². The highest BCUT2D eigenvalue weighted by Gasteiger charge is 2.17. The van der Waals surface area contributed by atoms with Crippen LogP contribution in [-0.2, 0) is 13.0 Å². The lowest BCUT2D eigenvalue weighted by molar-refractivity contribution is 0.120. The Balaban J connectivity index is 1.62. The number of ether oxygens (including phenoxy) is 1. The van der Waals surface area contributed by atoms with Crippen LogP contribution in [0.5, 0.6) is 5.75 Å². The summed E-state index contributed by atoms with van der Waals surface area (Å²) in [6, 6.07) is 17.1. The number of aromatic nitrogens is 3. The number of benzene rings is 2. The van der Waals surface area contributed by atoms with E-state index in [1.165, 1.54) is 0 Å². The Bertz CT molecular complexity index is 787. The third kappa shape index (κ3) is 4.43. The minimum Gasteiger partial charge on any atom is -0.497 e. The van der Waals surface area contributed by atoms with E-state index in [-0.39, 0.29) is 6.04 Å². The smallest absolute Gasteiger partial charge is 0.118 e. The van der Waals surface area contributed by atoms with Gasteiger partial charge in [-0.05, 0) is 36.2 Å². The molecular weight excluding hydrogens is 316 g/mol. The van der Waals surface area contributed by atoms with E-state index in [1.807, 2.05) is 54.6 Å². The molecule has 0 aliphatic heterocycles. The van der Waals surface area contributed by atoms with Crippen molar-refractivity contribution >= 4 is 0 Å². The molecule has 0 saturated carbocycles. The van der Waals surface area contributed by atoms with Gasteiger partial charge in [0.25, 0.3) is 0 Å². The molecule has 0 spiro atoms. The van der Waals surface area contributed by atoms with Gasteiger partial charge in [0.15, 0.2) is 0 Å². The number of rotatable bonds is 7. The van der Waals surface area contributed by atoms with Crippen molar-refractivity contribution in [1.82, 2.24) is 15.0 Å². The standard InChI is InChI=1S/C19H22N4O2/c1-25-16-9-7-15(8-10-16)18-12-23(22-21-18)13-19(24)17(20)11-14-5-3-2-4-6-14/h2-10,12,17,19,24H,11,13,20H2,1H3/t17-,19-/m0/s1. The highest BCUT2D eigenvalue weighted by atomic mass is 16.5. The molecule has 0 amide bonds. The lowest BCUT2D eigenvalue weighted by Gasteiger charge is -2.18. The van der Waals surface area contributed by atoms with Crippen LogP contribution >= 0.6 is 0 Å². The monoisotopic (exact) mass is 338 g/mol. The number of methoxy groups -OCH3 is 1. The van der Waals surface area contributed by atoms with Gasteiger partial charge in [-0.15, -0.1) is 5.10 Å². The molecule has 1 heterocycles. The Hall–Kier alpha value is -2.70. The highest BCUT2D eigenvalue weighted by molar-refractivity contribution is 5.58. The van der Waals surface area contributed by atoms with Gasteiger partial charge in [-0.25, -0.2) is 4.68 Å². The lowest BCUT2D eigenvalue weighted by Crippen LogP contribution is -2.39. The summed E-state index contributed by atoms with van der Waals surface area (Å²) in [5.74, 6) is 0.790. The first-order valence-electron chi connectivity index (χ1n) is 8.18. The summed E-state index contributed by atoms with van der Waals surface area (Å²) in [6.45, 7) is 0.303. The van der Waals surface area contributed by atoms with E-state index in [9.17, 15) is 5.11 Å². The van der Waals surface area contributed by atoms with Gasteiger partial charge >= 0.3 is 0 Å². The van der Waals surface area contributed by atoms with E-state index in [2.05, 4.69) is 10.3 Å². The van der Waals surface area contributed by atoms with Gasteiger partial charge in [-0.3, -0.25) is 0 Å². The van der Waals surface area contributed by atoms with E-state index >= 15 is 0 Å². The fraction of sp³-hybridized carbons (Fsp3) is 0.263.